The van der Waals surface area contributed by atoms with Gasteiger partial charge in [0.1, 0.15) is 23.1 Å². The van der Waals surface area contributed by atoms with Crippen LogP contribution in [0.15, 0.2) is 55.2 Å². The summed E-state index contributed by atoms with van der Waals surface area (Å²) in [4.78, 5) is 18.1. The molecule has 0 bridgehead atoms. The summed E-state index contributed by atoms with van der Waals surface area (Å²) in [5, 5.41) is 21.0. The van der Waals surface area contributed by atoms with Crippen LogP contribution in [0.4, 0.5) is 17.3 Å². The SMILES string of the molecule is COc1cccnc1-c1cnc(Nc2ccnc(-c3cnn(S(=O)(=O)C4CC4)c3)n2)cc1NC1CCC(C)(O)CC1. The van der Waals surface area contributed by atoms with Gasteiger partial charge in [-0.05, 0) is 63.6 Å². The van der Waals surface area contributed by atoms with Crippen LogP contribution in [0, 0.1) is 0 Å². The van der Waals surface area contributed by atoms with E-state index in [1.165, 1.54) is 12.4 Å². The Morgan fingerprint density at radius 2 is 1.85 bits per heavy atom. The van der Waals surface area contributed by atoms with E-state index in [1.807, 2.05) is 25.1 Å². The average molecular weight is 577 g/mol. The monoisotopic (exact) mass is 576 g/mol. The molecule has 4 heterocycles. The fraction of sp³-hybridized carbons (Fsp3) is 0.393. The number of nitrogens with one attached hydrogen (secondary N) is 2. The molecule has 0 aromatic carbocycles. The zero-order valence-corrected chi connectivity index (χ0v) is 23.7. The molecule has 6 rings (SSSR count). The standard InChI is InChI=1S/C28H32N8O4S/c1-28(37)10-7-19(8-11-28)33-22-14-25(31-16-21(22)26-23(40-2)4-3-12-29-26)34-24-9-13-30-27(35-24)18-15-32-36(17-18)41(38,39)20-5-6-20/h3-4,9,12-17,19-20,37H,5-8,10-11H2,1-2H3,(H2,30,31,33,34,35). The highest BCUT2D eigenvalue weighted by atomic mass is 32.2. The number of ether oxygens (including phenoxy) is 1. The van der Waals surface area contributed by atoms with Crippen LogP contribution in [0.5, 0.6) is 5.75 Å². The summed E-state index contributed by atoms with van der Waals surface area (Å²) < 4.78 is 31.6. The van der Waals surface area contributed by atoms with E-state index in [1.54, 1.807) is 31.8 Å². The van der Waals surface area contributed by atoms with Crippen LogP contribution in [0.25, 0.3) is 22.6 Å². The van der Waals surface area contributed by atoms with Gasteiger partial charge in [0.2, 0.25) is 0 Å². The smallest absolute Gasteiger partial charge is 0.256 e. The molecular weight excluding hydrogens is 544 g/mol. The lowest BCUT2D eigenvalue weighted by Crippen LogP contribution is -2.35. The van der Waals surface area contributed by atoms with Crippen molar-refractivity contribution in [1.82, 2.24) is 29.1 Å². The van der Waals surface area contributed by atoms with E-state index in [9.17, 15) is 13.5 Å². The summed E-state index contributed by atoms with van der Waals surface area (Å²) in [6.45, 7) is 1.88. The minimum Gasteiger partial charge on any atom is -0.494 e. The van der Waals surface area contributed by atoms with Crippen molar-refractivity contribution in [2.75, 3.05) is 17.7 Å². The van der Waals surface area contributed by atoms with Gasteiger partial charge < -0.3 is 20.5 Å². The highest BCUT2D eigenvalue weighted by molar-refractivity contribution is 7.90. The van der Waals surface area contributed by atoms with Crippen molar-refractivity contribution in [1.29, 1.82) is 0 Å². The van der Waals surface area contributed by atoms with Crippen molar-refractivity contribution in [3.63, 3.8) is 0 Å². The predicted octanol–water partition coefficient (Wildman–Crippen LogP) is 4.00. The second kappa shape index (κ2) is 10.7. The van der Waals surface area contributed by atoms with Crippen molar-refractivity contribution < 1.29 is 18.3 Å². The van der Waals surface area contributed by atoms with Crippen molar-refractivity contribution >= 4 is 27.3 Å². The van der Waals surface area contributed by atoms with Crippen molar-refractivity contribution in [2.45, 2.75) is 62.3 Å². The van der Waals surface area contributed by atoms with E-state index in [0.717, 1.165) is 28.2 Å². The first-order valence-electron chi connectivity index (χ1n) is 13.6. The Morgan fingerprint density at radius 1 is 1.05 bits per heavy atom. The molecule has 4 aromatic rings. The quantitative estimate of drug-likeness (QED) is 0.265. The zero-order chi connectivity index (χ0) is 28.6. The summed E-state index contributed by atoms with van der Waals surface area (Å²) >= 11 is 0. The molecule has 2 saturated carbocycles. The molecule has 0 radical (unpaired) electrons. The van der Waals surface area contributed by atoms with Gasteiger partial charge in [-0.1, -0.05) is 0 Å². The Balaban J connectivity index is 1.28. The molecule has 0 aliphatic heterocycles. The minimum absolute atomic E-state index is 0.174. The number of anilines is 3. The fourth-order valence-electron chi connectivity index (χ4n) is 4.97. The summed E-state index contributed by atoms with van der Waals surface area (Å²) in [7, 11) is -1.87. The number of hydrogen-bond donors (Lipinski definition) is 3. The number of methoxy groups -OCH3 is 1. The van der Waals surface area contributed by atoms with Crippen LogP contribution in [-0.4, -0.2) is 66.6 Å². The Labute approximate surface area is 238 Å². The van der Waals surface area contributed by atoms with Gasteiger partial charge in [-0.2, -0.15) is 9.19 Å². The van der Waals surface area contributed by atoms with Gasteiger partial charge in [0.25, 0.3) is 10.0 Å². The Bertz CT molecular complexity index is 1660. The Kier molecular flexibility index (Phi) is 7.08. The number of hydrogen-bond acceptors (Lipinski definition) is 11. The second-order valence-electron chi connectivity index (χ2n) is 10.8. The van der Waals surface area contributed by atoms with Gasteiger partial charge in [0.05, 0.1) is 35.9 Å². The summed E-state index contributed by atoms with van der Waals surface area (Å²) in [6.07, 6.45) is 12.4. The van der Waals surface area contributed by atoms with Crippen LogP contribution < -0.4 is 15.4 Å². The van der Waals surface area contributed by atoms with E-state index >= 15 is 0 Å². The topological polar surface area (TPSA) is 157 Å². The van der Waals surface area contributed by atoms with Gasteiger partial charge in [-0.15, -0.1) is 0 Å². The highest BCUT2D eigenvalue weighted by Gasteiger charge is 2.37. The molecule has 4 aromatic heterocycles. The van der Waals surface area contributed by atoms with Gasteiger partial charge >= 0.3 is 0 Å². The summed E-state index contributed by atoms with van der Waals surface area (Å²) in [5.74, 6) is 2.01. The van der Waals surface area contributed by atoms with Gasteiger partial charge in [0, 0.05) is 41.9 Å². The Morgan fingerprint density at radius 3 is 2.61 bits per heavy atom. The fourth-order valence-corrected chi connectivity index (χ4v) is 6.45. The molecule has 0 amide bonds. The van der Waals surface area contributed by atoms with Crippen LogP contribution >= 0.6 is 0 Å². The summed E-state index contributed by atoms with van der Waals surface area (Å²) in [5.41, 5.74) is 2.14. The lowest BCUT2D eigenvalue weighted by atomic mass is 9.83. The molecule has 3 N–H and O–H groups in total. The molecule has 0 saturated heterocycles. The molecule has 0 spiro atoms. The number of aliphatic hydroxyl groups is 1. The van der Waals surface area contributed by atoms with E-state index in [0.29, 0.717) is 60.2 Å². The van der Waals surface area contributed by atoms with E-state index in [4.69, 9.17) is 4.74 Å². The number of pyridine rings is 2. The first-order chi connectivity index (χ1) is 19.7. The maximum absolute atomic E-state index is 12.5. The third-order valence-corrected chi connectivity index (χ3v) is 9.54. The molecule has 41 heavy (non-hydrogen) atoms. The van der Waals surface area contributed by atoms with Crippen molar-refractivity contribution in [3.8, 4) is 28.4 Å². The largest absolute Gasteiger partial charge is 0.494 e. The van der Waals surface area contributed by atoms with Crippen LogP contribution in [0.3, 0.4) is 0 Å². The molecule has 214 valence electrons. The maximum Gasteiger partial charge on any atom is 0.256 e. The minimum atomic E-state index is -3.48. The van der Waals surface area contributed by atoms with E-state index in [-0.39, 0.29) is 11.3 Å². The lowest BCUT2D eigenvalue weighted by Gasteiger charge is -2.34. The second-order valence-corrected chi connectivity index (χ2v) is 12.9. The maximum atomic E-state index is 12.5. The van der Waals surface area contributed by atoms with Crippen molar-refractivity contribution in [3.05, 3.63) is 55.2 Å². The number of rotatable bonds is 9. The van der Waals surface area contributed by atoms with E-state index < -0.39 is 15.6 Å². The van der Waals surface area contributed by atoms with Crippen LogP contribution in [-0.2, 0) is 10.0 Å². The van der Waals surface area contributed by atoms with Gasteiger partial charge in [0.15, 0.2) is 5.82 Å². The Hall–Kier alpha value is -4.10. The predicted molar refractivity (Wildman–Crippen MR) is 154 cm³/mol. The lowest BCUT2D eigenvalue weighted by molar-refractivity contribution is 0.0196. The van der Waals surface area contributed by atoms with Crippen LogP contribution in [0.1, 0.15) is 45.4 Å². The van der Waals surface area contributed by atoms with Gasteiger partial charge in [-0.3, -0.25) is 4.98 Å². The molecule has 0 atom stereocenters. The zero-order valence-electron chi connectivity index (χ0n) is 22.9. The molecular formula is C28H32N8O4S. The molecule has 2 aliphatic rings. The first kappa shape index (κ1) is 27.1. The van der Waals surface area contributed by atoms with Crippen molar-refractivity contribution in [2.24, 2.45) is 0 Å². The molecule has 2 fully saturated rings. The normalized spacial score (nSPS) is 20.9. The third kappa shape index (κ3) is 5.86. The van der Waals surface area contributed by atoms with Gasteiger partial charge in [-0.25, -0.2) is 23.4 Å². The number of nitrogens with zero attached hydrogens (tertiary/aromatic N) is 6. The molecule has 0 unspecified atom stereocenters. The molecule has 13 heteroatoms. The number of aromatic nitrogens is 6. The summed E-state index contributed by atoms with van der Waals surface area (Å²) in [6, 6.07) is 7.46. The molecule has 2 aliphatic carbocycles. The van der Waals surface area contributed by atoms with E-state index in [2.05, 4.69) is 35.7 Å². The highest BCUT2D eigenvalue weighted by Crippen LogP contribution is 2.37. The van der Waals surface area contributed by atoms with Crippen LogP contribution in [0.2, 0.25) is 0 Å². The average Bonchev–Trinajstić information content (AvgIpc) is 3.71. The molecule has 12 nitrogen and oxygen atoms in total. The first-order valence-corrected chi connectivity index (χ1v) is 15.1. The third-order valence-electron chi connectivity index (χ3n) is 7.51.